The van der Waals surface area contributed by atoms with E-state index in [1.165, 1.54) is 0 Å². The van der Waals surface area contributed by atoms with E-state index in [1.807, 2.05) is 12.1 Å². The van der Waals surface area contributed by atoms with Gasteiger partial charge in [0.2, 0.25) is 0 Å². The maximum atomic E-state index is 6.27. The van der Waals surface area contributed by atoms with Crippen molar-refractivity contribution >= 4 is 34.5 Å². The Labute approximate surface area is 135 Å². The molecule has 3 rings (SSSR count). The average Bonchev–Trinajstić information content (AvgIpc) is 2.97. The molecule has 114 valence electrons. The van der Waals surface area contributed by atoms with E-state index in [1.54, 1.807) is 0 Å². The molecule has 1 aromatic carbocycles. The van der Waals surface area contributed by atoms with Gasteiger partial charge >= 0.3 is 0 Å². The second kappa shape index (κ2) is 6.48. The Hall–Kier alpha value is -0.880. The number of ether oxygens (including phenoxy) is 1. The van der Waals surface area contributed by atoms with E-state index in [4.69, 9.17) is 34.3 Å². The largest absolute Gasteiger partial charge is 0.389 e. The zero-order valence-electron chi connectivity index (χ0n) is 11.9. The van der Waals surface area contributed by atoms with Crippen molar-refractivity contribution < 1.29 is 4.74 Å². The lowest BCUT2D eigenvalue weighted by Crippen LogP contribution is -2.44. The Morgan fingerprint density at radius 3 is 2.76 bits per heavy atom. The SMILES string of the molecule is NC(=S)c1c(Cl)cccc1N1CCC(N2CCOCC2)C1. The van der Waals surface area contributed by atoms with Crippen molar-refractivity contribution in [2.24, 2.45) is 5.73 Å². The van der Waals surface area contributed by atoms with Crippen molar-refractivity contribution in [1.29, 1.82) is 0 Å². The molecule has 0 radical (unpaired) electrons. The molecular formula is C15H20ClN3OS. The van der Waals surface area contributed by atoms with Crippen molar-refractivity contribution in [2.45, 2.75) is 12.5 Å². The molecule has 6 heteroatoms. The Morgan fingerprint density at radius 1 is 1.29 bits per heavy atom. The van der Waals surface area contributed by atoms with Crippen molar-refractivity contribution in [3.8, 4) is 0 Å². The van der Waals surface area contributed by atoms with Crippen molar-refractivity contribution in [3.05, 3.63) is 28.8 Å². The molecule has 0 bridgehead atoms. The quantitative estimate of drug-likeness (QED) is 0.860. The fourth-order valence-electron chi connectivity index (χ4n) is 3.22. The lowest BCUT2D eigenvalue weighted by Gasteiger charge is -2.32. The number of morpholine rings is 1. The third kappa shape index (κ3) is 3.16. The first-order valence-electron chi connectivity index (χ1n) is 7.32. The molecule has 2 heterocycles. The summed E-state index contributed by atoms with van der Waals surface area (Å²) in [4.78, 5) is 5.24. The number of anilines is 1. The van der Waals surface area contributed by atoms with Crippen LogP contribution in [0.3, 0.4) is 0 Å². The predicted molar refractivity (Wildman–Crippen MR) is 90.3 cm³/mol. The highest BCUT2D eigenvalue weighted by Crippen LogP contribution is 2.31. The Balaban J connectivity index is 1.77. The summed E-state index contributed by atoms with van der Waals surface area (Å²) >= 11 is 11.4. The van der Waals surface area contributed by atoms with Crippen LogP contribution in [0.25, 0.3) is 0 Å². The number of hydrogen-bond donors (Lipinski definition) is 1. The molecule has 2 aliphatic heterocycles. The van der Waals surface area contributed by atoms with Crippen molar-refractivity contribution in [2.75, 3.05) is 44.3 Å². The summed E-state index contributed by atoms with van der Waals surface area (Å²) in [5.41, 5.74) is 7.72. The highest BCUT2D eigenvalue weighted by molar-refractivity contribution is 7.80. The predicted octanol–water partition coefficient (Wildman–Crippen LogP) is 1.89. The maximum absolute atomic E-state index is 6.27. The van der Waals surface area contributed by atoms with Crippen LogP contribution in [0.15, 0.2) is 18.2 Å². The Bertz CT molecular complexity index is 534. The van der Waals surface area contributed by atoms with E-state index in [-0.39, 0.29) is 0 Å². The molecule has 2 fully saturated rings. The molecule has 1 atom stereocenters. The first kappa shape index (κ1) is 15.0. The van der Waals surface area contributed by atoms with Crippen LogP contribution >= 0.6 is 23.8 Å². The van der Waals surface area contributed by atoms with Gasteiger partial charge in [0.05, 0.1) is 23.8 Å². The first-order chi connectivity index (χ1) is 10.2. The molecule has 2 N–H and O–H groups in total. The van der Waals surface area contributed by atoms with E-state index >= 15 is 0 Å². The molecule has 2 saturated heterocycles. The van der Waals surface area contributed by atoms with Gasteiger partial charge in [0.25, 0.3) is 0 Å². The van der Waals surface area contributed by atoms with Crippen molar-refractivity contribution in [3.63, 3.8) is 0 Å². The van der Waals surface area contributed by atoms with Crippen LogP contribution in [0, 0.1) is 0 Å². The lowest BCUT2D eigenvalue weighted by molar-refractivity contribution is 0.0209. The highest BCUT2D eigenvalue weighted by atomic mass is 35.5. The third-order valence-corrected chi connectivity index (χ3v) is 4.82. The van der Waals surface area contributed by atoms with Crippen LogP contribution in [0.1, 0.15) is 12.0 Å². The van der Waals surface area contributed by atoms with Crippen LogP contribution in [0.5, 0.6) is 0 Å². The maximum Gasteiger partial charge on any atom is 0.107 e. The van der Waals surface area contributed by atoms with Gasteiger partial charge in [-0.3, -0.25) is 4.90 Å². The van der Waals surface area contributed by atoms with Crippen LogP contribution in [0.2, 0.25) is 5.02 Å². The Kier molecular flexibility index (Phi) is 4.64. The number of nitrogens with zero attached hydrogens (tertiary/aromatic N) is 2. The average molecular weight is 326 g/mol. The van der Waals surface area contributed by atoms with Crippen molar-refractivity contribution in [1.82, 2.24) is 4.90 Å². The molecule has 2 aliphatic rings. The van der Waals surface area contributed by atoms with E-state index in [2.05, 4.69) is 15.9 Å². The van der Waals surface area contributed by atoms with Crippen LogP contribution in [0.4, 0.5) is 5.69 Å². The summed E-state index contributed by atoms with van der Waals surface area (Å²) < 4.78 is 5.43. The molecule has 0 saturated carbocycles. The lowest BCUT2D eigenvalue weighted by atomic mass is 10.1. The summed E-state index contributed by atoms with van der Waals surface area (Å²) in [7, 11) is 0. The van der Waals surface area contributed by atoms with Gasteiger partial charge in [0.1, 0.15) is 4.99 Å². The molecule has 0 aromatic heterocycles. The zero-order chi connectivity index (χ0) is 14.8. The summed E-state index contributed by atoms with van der Waals surface area (Å²) in [6.45, 7) is 5.73. The van der Waals surface area contributed by atoms with E-state index in [0.717, 1.165) is 57.1 Å². The summed E-state index contributed by atoms with van der Waals surface area (Å²) in [5, 5.41) is 0.634. The van der Waals surface area contributed by atoms with Gasteiger partial charge in [-0.25, -0.2) is 0 Å². The molecule has 0 amide bonds. The van der Waals surface area contributed by atoms with Crippen LogP contribution < -0.4 is 10.6 Å². The van der Waals surface area contributed by atoms with Crippen LogP contribution in [-0.2, 0) is 4.74 Å². The van der Waals surface area contributed by atoms with Gasteiger partial charge < -0.3 is 15.4 Å². The molecule has 1 unspecified atom stereocenters. The zero-order valence-corrected chi connectivity index (χ0v) is 13.5. The molecule has 0 spiro atoms. The van der Waals surface area contributed by atoms with Gasteiger partial charge in [-0.2, -0.15) is 0 Å². The highest BCUT2D eigenvalue weighted by Gasteiger charge is 2.30. The molecule has 0 aliphatic carbocycles. The molecule has 21 heavy (non-hydrogen) atoms. The normalized spacial score (nSPS) is 23.5. The number of hydrogen-bond acceptors (Lipinski definition) is 4. The minimum Gasteiger partial charge on any atom is -0.389 e. The molecule has 4 nitrogen and oxygen atoms in total. The number of benzene rings is 1. The van der Waals surface area contributed by atoms with Gasteiger partial charge in [-0.15, -0.1) is 0 Å². The molecular weight excluding hydrogens is 306 g/mol. The van der Waals surface area contributed by atoms with Gasteiger partial charge in [0.15, 0.2) is 0 Å². The topological polar surface area (TPSA) is 41.7 Å². The summed E-state index contributed by atoms with van der Waals surface area (Å²) in [6, 6.07) is 6.44. The van der Waals surface area contributed by atoms with Gasteiger partial charge in [0, 0.05) is 37.9 Å². The molecule has 1 aromatic rings. The standard InChI is InChI=1S/C15H20ClN3OS/c16-12-2-1-3-13(14(12)15(17)21)19-5-4-11(10-19)18-6-8-20-9-7-18/h1-3,11H,4-10H2,(H2,17,21). The number of nitrogens with two attached hydrogens (primary N) is 1. The second-order valence-electron chi connectivity index (χ2n) is 5.54. The Morgan fingerprint density at radius 2 is 2.05 bits per heavy atom. The van der Waals surface area contributed by atoms with Gasteiger partial charge in [-0.1, -0.05) is 29.9 Å². The third-order valence-electron chi connectivity index (χ3n) is 4.30. The fraction of sp³-hybridized carbons (Fsp3) is 0.533. The number of halogens is 1. The minimum atomic E-state index is 0.366. The summed E-state index contributed by atoms with van der Waals surface area (Å²) in [5.74, 6) is 0. The van der Waals surface area contributed by atoms with Gasteiger partial charge in [-0.05, 0) is 18.6 Å². The van der Waals surface area contributed by atoms with Crippen LogP contribution in [-0.4, -0.2) is 55.3 Å². The number of thiocarbonyl (C=S) groups is 1. The number of rotatable bonds is 3. The summed E-state index contributed by atoms with van der Waals surface area (Å²) in [6.07, 6.45) is 1.16. The fourth-order valence-corrected chi connectivity index (χ4v) is 3.76. The smallest absolute Gasteiger partial charge is 0.107 e. The monoisotopic (exact) mass is 325 g/mol. The van der Waals surface area contributed by atoms with E-state index in [9.17, 15) is 0 Å². The van der Waals surface area contributed by atoms with E-state index in [0.29, 0.717) is 16.1 Å². The first-order valence-corrected chi connectivity index (χ1v) is 8.10. The van der Waals surface area contributed by atoms with E-state index < -0.39 is 0 Å². The second-order valence-corrected chi connectivity index (χ2v) is 6.38. The minimum absolute atomic E-state index is 0.366.